The Bertz CT molecular complexity index is 979. The number of ether oxygens (including phenoxy) is 1. The predicted molar refractivity (Wildman–Crippen MR) is 83.3 cm³/mol. The molecule has 0 aliphatic carbocycles. The lowest BCUT2D eigenvalue weighted by molar-refractivity contribution is -0.383. The molecule has 0 aliphatic heterocycles. The molecule has 0 saturated carbocycles. The summed E-state index contributed by atoms with van der Waals surface area (Å²) < 4.78 is 5.17. The molecular weight excluding hydrogens is 302 g/mol. The van der Waals surface area contributed by atoms with Crippen LogP contribution in [0.25, 0.3) is 21.5 Å². The van der Waals surface area contributed by atoms with Crippen molar-refractivity contribution >= 4 is 33.2 Å². The number of aromatic hydroxyl groups is 1. The number of hydrogen-bond donors (Lipinski definition) is 2. The fourth-order valence-corrected chi connectivity index (χ4v) is 2.76. The molecule has 7 heteroatoms. The van der Waals surface area contributed by atoms with Gasteiger partial charge in [-0.1, -0.05) is 24.3 Å². The van der Waals surface area contributed by atoms with Crippen molar-refractivity contribution in [2.75, 3.05) is 7.11 Å². The number of fused-ring (bicyclic) bond motifs is 3. The van der Waals surface area contributed by atoms with E-state index in [0.29, 0.717) is 10.8 Å². The third-order valence-electron chi connectivity index (χ3n) is 3.67. The summed E-state index contributed by atoms with van der Waals surface area (Å²) >= 11 is 0. The lowest BCUT2D eigenvalue weighted by Gasteiger charge is -2.13. The molecule has 0 atom stereocenters. The second-order valence-corrected chi connectivity index (χ2v) is 4.91. The van der Waals surface area contributed by atoms with Crippen molar-refractivity contribution < 1.29 is 24.7 Å². The van der Waals surface area contributed by atoms with Gasteiger partial charge < -0.3 is 14.9 Å². The maximum atomic E-state index is 11.5. The smallest absolute Gasteiger partial charge is 0.336 e. The van der Waals surface area contributed by atoms with Crippen LogP contribution in [0, 0.1) is 10.1 Å². The Labute approximate surface area is 129 Å². The van der Waals surface area contributed by atoms with Gasteiger partial charge in [0.25, 0.3) is 5.69 Å². The molecule has 0 unspecified atom stereocenters. The first-order valence-corrected chi connectivity index (χ1v) is 6.58. The predicted octanol–water partition coefficient (Wildman–Crippen LogP) is 3.31. The van der Waals surface area contributed by atoms with Crippen LogP contribution >= 0.6 is 0 Å². The Morgan fingerprint density at radius 3 is 2.52 bits per heavy atom. The van der Waals surface area contributed by atoms with Crippen LogP contribution in [0.3, 0.4) is 0 Å². The summed E-state index contributed by atoms with van der Waals surface area (Å²) in [5, 5.41) is 32.1. The summed E-state index contributed by atoms with van der Waals surface area (Å²) in [6.07, 6.45) is 0. The van der Waals surface area contributed by atoms with E-state index in [1.54, 1.807) is 24.3 Å². The molecule has 0 bridgehead atoms. The van der Waals surface area contributed by atoms with Crippen LogP contribution in [0.4, 0.5) is 5.69 Å². The van der Waals surface area contributed by atoms with Crippen molar-refractivity contribution in [3.05, 3.63) is 52.1 Å². The van der Waals surface area contributed by atoms with Crippen LogP contribution in [0.5, 0.6) is 11.5 Å². The number of aromatic carboxylic acids is 1. The van der Waals surface area contributed by atoms with Crippen LogP contribution in [-0.2, 0) is 0 Å². The minimum atomic E-state index is -1.37. The number of rotatable bonds is 3. The normalized spacial score (nSPS) is 10.8. The number of phenols is 1. The molecule has 0 radical (unpaired) electrons. The van der Waals surface area contributed by atoms with Gasteiger partial charge in [0, 0.05) is 11.5 Å². The van der Waals surface area contributed by atoms with Crippen LogP contribution in [0.2, 0.25) is 0 Å². The first kappa shape index (κ1) is 14.6. The maximum absolute atomic E-state index is 11.5. The SMILES string of the molecule is COc1c(O)cc(C(=O)O)c2c([N+](=O)[O-])cc3ccccc3c12. The fraction of sp³-hybridized carbons (Fsp3) is 0.0625. The van der Waals surface area contributed by atoms with Crippen LogP contribution < -0.4 is 4.74 Å². The standard InChI is InChI=1S/C16H11NO6/c1-23-15-12(18)7-10(16(19)20)13-11(17(21)22)6-8-4-2-3-5-9(8)14(13)15/h2-7,18H,1H3,(H,19,20). The summed E-state index contributed by atoms with van der Waals surface area (Å²) in [7, 11) is 1.31. The molecule has 3 aromatic rings. The Balaban J connectivity index is 2.72. The number of nitro groups is 1. The molecule has 0 heterocycles. The molecule has 0 saturated heterocycles. The summed E-state index contributed by atoms with van der Waals surface area (Å²) in [6, 6.07) is 9.08. The van der Waals surface area contributed by atoms with Gasteiger partial charge >= 0.3 is 5.97 Å². The molecule has 0 spiro atoms. The van der Waals surface area contributed by atoms with E-state index in [1.165, 1.54) is 13.2 Å². The van der Waals surface area contributed by atoms with Gasteiger partial charge in [-0.05, 0) is 16.8 Å². The van der Waals surface area contributed by atoms with E-state index in [0.717, 1.165) is 6.07 Å². The number of methoxy groups -OCH3 is 1. The van der Waals surface area contributed by atoms with E-state index < -0.39 is 10.9 Å². The zero-order valence-electron chi connectivity index (χ0n) is 11.9. The van der Waals surface area contributed by atoms with Crippen molar-refractivity contribution in [3.8, 4) is 11.5 Å². The van der Waals surface area contributed by atoms with E-state index in [-0.39, 0.29) is 33.5 Å². The molecular formula is C16H11NO6. The molecule has 7 nitrogen and oxygen atoms in total. The number of benzene rings is 3. The van der Waals surface area contributed by atoms with E-state index in [9.17, 15) is 25.1 Å². The van der Waals surface area contributed by atoms with Crippen LogP contribution in [0.15, 0.2) is 36.4 Å². The lowest BCUT2D eigenvalue weighted by atomic mass is 9.95. The summed E-state index contributed by atoms with van der Waals surface area (Å²) in [6.45, 7) is 0. The topological polar surface area (TPSA) is 110 Å². The van der Waals surface area contributed by atoms with Crippen molar-refractivity contribution in [3.63, 3.8) is 0 Å². The minimum absolute atomic E-state index is 0.00454. The van der Waals surface area contributed by atoms with E-state index in [2.05, 4.69) is 0 Å². The molecule has 0 amide bonds. The molecule has 2 N–H and O–H groups in total. The van der Waals surface area contributed by atoms with Crippen molar-refractivity contribution in [2.45, 2.75) is 0 Å². The third kappa shape index (κ3) is 2.10. The maximum Gasteiger partial charge on any atom is 0.336 e. The van der Waals surface area contributed by atoms with Gasteiger partial charge in [0.1, 0.15) is 0 Å². The molecule has 116 valence electrons. The van der Waals surface area contributed by atoms with E-state index >= 15 is 0 Å². The van der Waals surface area contributed by atoms with Gasteiger partial charge in [-0.3, -0.25) is 10.1 Å². The molecule has 23 heavy (non-hydrogen) atoms. The van der Waals surface area contributed by atoms with E-state index in [1.807, 2.05) is 0 Å². The lowest BCUT2D eigenvalue weighted by Crippen LogP contribution is -2.02. The fourth-order valence-electron chi connectivity index (χ4n) is 2.76. The average Bonchev–Trinajstić information content (AvgIpc) is 2.52. The number of phenolic OH excluding ortho intramolecular Hbond substituents is 1. The monoisotopic (exact) mass is 313 g/mol. The highest BCUT2D eigenvalue weighted by Crippen LogP contribution is 2.45. The number of carboxylic acid groups (broad SMARTS) is 1. The highest BCUT2D eigenvalue weighted by atomic mass is 16.6. The number of non-ortho nitro benzene ring substituents is 1. The van der Waals surface area contributed by atoms with Gasteiger partial charge in [0.2, 0.25) is 0 Å². The first-order chi connectivity index (χ1) is 11.0. The molecule has 3 rings (SSSR count). The number of nitro benzene ring substituents is 1. The number of hydrogen-bond acceptors (Lipinski definition) is 5. The highest BCUT2D eigenvalue weighted by Gasteiger charge is 2.26. The summed E-state index contributed by atoms with van der Waals surface area (Å²) in [5.74, 6) is -1.75. The van der Waals surface area contributed by atoms with Crippen molar-refractivity contribution in [2.24, 2.45) is 0 Å². The molecule has 0 aliphatic rings. The molecule has 0 fully saturated rings. The Hall–Kier alpha value is -3.35. The largest absolute Gasteiger partial charge is 0.504 e. The van der Waals surface area contributed by atoms with Gasteiger partial charge in [0.15, 0.2) is 11.5 Å². The van der Waals surface area contributed by atoms with Crippen molar-refractivity contribution in [1.82, 2.24) is 0 Å². The number of nitrogens with zero attached hydrogens (tertiary/aromatic N) is 1. The first-order valence-electron chi connectivity index (χ1n) is 6.58. The van der Waals surface area contributed by atoms with Crippen LogP contribution in [0.1, 0.15) is 10.4 Å². The van der Waals surface area contributed by atoms with Gasteiger partial charge in [-0.2, -0.15) is 0 Å². The average molecular weight is 313 g/mol. The second-order valence-electron chi connectivity index (χ2n) is 4.91. The van der Waals surface area contributed by atoms with Gasteiger partial charge in [-0.25, -0.2) is 4.79 Å². The van der Waals surface area contributed by atoms with Crippen molar-refractivity contribution in [1.29, 1.82) is 0 Å². The second kappa shape index (κ2) is 5.13. The number of carboxylic acids is 1. The van der Waals surface area contributed by atoms with Gasteiger partial charge in [0.05, 0.1) is 23.0 Å². The zero-order valence-corrected chi connectivity index (χ0v) is 11.9. The number of carbonyl (C=O) groups is 1. The van der Waals surface area contributed by atoms with E-state index in [4.69, 9.17) is 4.74 Å². The zero-order chi connectivity index (χ0) is 16.7. The Morgan fingerprint density at radius 1 is 1.22 bits per heavy atom. The Morgan fingerprint density at radius 2 is 1.91 bits per heavy atom. The molecule has 3 aromatic carbocycles. The molecule has 0 aromatic heterocycles. The Kier molecular flexibility index (Phi) is 3.25. The third-order valence-corrected chi connectivity index (χ3v) is 3.67. The van der Waals surface area contributed by atoms with Crippen LogP contribution in [-0.4, -0.2) is 28.2 Å². The summed E-state index contributed by atoms with van der Waals surface area (Å²) in [5.41, 5.74) is -0.704. The highest BCUT2D eigenvalue weighted by molar-refractivity contribution is 6.20. The van der Waals surface area contributed by atoms with Gasteiger partial charge in [-0.15, -0.1) is 0 Å². The summed E-state index contributed by atoms with van der Waals surface area (Å²) in [4.78, 5) is 22.3. The quantitative estimate of drug-likeness (QED) is 0.436. The minimum Gasteiger partial charge on any atom is -0.504 e.